The van der Waals surface area contributed by atoms with Gasteiger partial charge in [-0.1, -0.05) is 0 Å². The first-order valence-electron chi connectivity index (χ1n) is 2.77. The quantitative estimate of drug-likeness (QED) is 0.472. The number of nitrogens with one attached hydrogen (secondary N) is 1. The Balaban J connectivity index is 2.95. The van der Waals surface area contributed by atoms with Gasteiger partial charge in [0.2, 0.25) is 0 Å². The number of aromatic nitrogens is 4. The van der Waals surface area contributed by atoms with Crippen LogP contribution >= 0.6 is 0 Å². The lowest BCUT2D eigenvalue weighted by Gasteiger charge is -1.89. The molecule has 4 nitrogen and oxygen atoms in total. The highest BCUT2D eigenvalue weighted by Gasteiger charge is 1.97. The van der Waals surface area contributed by atoms with E-state index in [4.69, 9.17) is 7.85 Å². The fourth-order valence-electron chi connectivity index (χ4n) is 0.784. The lowest BCUT2D eigenvalue weighted by Crippen LogP contribution is -2.09. The van der Waals surface area contributed by atoms with Crippen LogP contribution in [0.25, 0.3) is 11.2 Å². The van der Waals surface area contributed by atoms with Crippen LogP contribution in [-0.2, 0) is 0 Å². The fourth-order valence-corrected chi connectivity index (χ4v) is 0.784. The molecule has 2 rings (SSSR count). The van der Waals surface area contributed by atoms with E-state index >= 15 is 0 Å². The molecule has 0 unspecified atom stereocenters. The third kappa shape index (κ3) is 0.602. The van der Waals surface area contributed by atoms with E-state index in [2.05, 4.69) is 19.9 Å². The molecular weight excluding hydrogens is 127 g/mol. The second kappa shape index (κ2) is 1.80. The van der Waals surface area contributed by atoms with Gasteiger partial charge in [0.25, 0.3) is 0 Å². The predicted octanol–water partition coefficient (Wildman–Crippen LogP) is -0.853. The van der Waals surface area contributed by atoms with Crippen molar-refractivity contribution in [2.45, 2.75) is 0 Å². The van der Waals surface area contributed by atoms with E-state index < -0.39 is 0 Å². The number of hydrogen-bond acceptors (Lipinski definition) is 3. The molecule has 0 bridgehead atoms. The minimum absolute atomic E-state index is 0.433. The fraction of sp³-hybridized carbons (Fsp3) is 0. The van der Waals surface area contributed by atoms with E-state index in [1.165, 1.54) is 12.7 Å². The average molecular weight is 130 g/mol. The van der Waals surface area contributed by atoms with Gasteiger partial charge in [0, 0.05) is 5.59 Å². The Kier molecular flexibility index (Phi) is 0.971. The minimum Gasteiger partial charge on any atom is -0.342 e. The van der Waals surface area contributed by atoms with Crippen molar-refractivity contribution in [3.63, 3.8) is 0 Å². The average Bonchev–Trinajstić information content (AvgIpc) is 2.36. The molecule has 0 amide bonds. The van der Waals surface area contributed by atoms with Gasteiger partial charge in [-0.25, -0.2) is 9.97 Å². The van der Waals surface area contributed by atoms with E-state index in [-0.39, 0.29) is 0 Å². The van der Waals surface area contributed by atoms with Crippen LogP contribution in [0.4, 0.5) is 0 Å². The van der Waals surface area contributed by atoms with Crippen LogP contribution in [0.15, 0.2) is 12.7 Å². The maximum absolute atomic E-state index is 5.48. The number of nitrogens with zero attached hydrogens (tertiary/aromatic N) is 3. The van der Waals surface area contributed by atoms with E-state index in [1.54, 1.807) is 0 Å². The SMILES string of the molecule is [B]c1ncnc2nc[nH]c12. The van der Waals surface area contributed by atoms with Crippen LogP contribution in [0.3, 0.4) is 0 Å². The first-order chi connectivity index (χ1) is 4.88. The zero-order valence-electron chi connectivity index (χ0n) is 5.07. The molecule has 1 N–H and O–H groups in total. The lowest BCUT2D eigenvalue weighted by molar-refractivity contribution is 1.22. The molecule has 0 aromatic carbocycles. The summed E-state index contributed by atoms with van der Waals surface area (Å²) in [6, 6.07) is 0. The molecule has 2 aromatic rings. The molecule has 2 aromatic heterocycles. The maximum atomic E-state index is 5.48. The highest BCUT2D eigenvalue weighted by Crippen LogP contribution is 1.96. The minimum atomic E-state index is 0.433. The van der Waals surface area contributed by atoms with Crippen molar-refractivity contribution in [2.24, 2.45) is 0 Å². The second-order valence-electron chi connectivity index (χ2n) is 1.86. The summed E-state index contributed by atoms with van der Waals surface area (Å²) in [5.74, 6) is 0. The standard InChI is InChI=1S/C5H3BN4/c6-4-3-5(9-1-7-3)10-2-8-4/h1-2H,(H,7,8,9,10). The summed E-state index contributed by atoms with van der Waals surface area (Å²) in [7, 11) is 5.48. The van der Waals surface area contributed by atoms with Gasteiger partial charge in [-0.2, -0.15) is 0 Å². The van der Waals surface area contributed by atoms with Gasteiger partial charge in [-0.3, -0.25) is 4.98 Å². The Hall–Kier alpha value is -1.39. The van der Waals surface area contributed by atoms with Crippen LogP contribution in [0.1, 0.15) is 0 Å². The maximum Gasteiger partial charge on any atom is 0.179 e. The molecular formula is C5H3BN4. The van der Waals surface area contributed by atoms with Gasteiger partial charge in [-0.05, 0) is 0 Å². The summed E-state index contributed by atoms with van der Waals surface area (Å²) in [6.45, 7) is 0. The lowest BCUT2D eigenvalue weighted by atomic mass is 10.0. The Bertz CT molecular complexity index is 355. The van der Waals surface area contributed by atoms with Crippen LogP contribution in [-0.4, -0.2) is 27.8 Å². The summed E-state index contributed by atoms with van der Waals surface area (Å²) >= 11 is 0. The topological polar surface area (TPSA) is 54.5 Å². The molecule has 10 heavy (non-hydrogen) atoms. The number of H-pyrrole nitrogens is 1. The molecule has 0 aliphatic carbocycles. The highest BCUT2D eigenvalue weighted by atomic mass is 15.0. The predicted molar refractivity (Wildman–Crippen MR) is 37.1 cm³/mol. The monoisotopic (exact) mass is 130 g/mol. The van der Waals surface area contributed by atoms with Crippen LogP contribution < -0.4 is 5.59 Å². The van der Waals surface area contributed by atoms with Gasteiger partial charge in [-0.15, -0.1) is 0 Å². The second-order valence-corrected chi connectivity index (χ2v) is 1.86. The molecule has 5 heteroatoms. The zero-order chi connectivity index (χ0) is 6.97. The van der Waals surface area contributed by atoms with E-state index in [1.807, 2.05) is 0 Å². The Morgan fingerprint density at radius 1 is 1.30 bits per heavy atom. The van der Waals surface area contributed by atoms with Gasteiger partial charge in [0.15, 0.2) is 5.65 Å². The first kappa shape index (κ1) is 5.40. The molecule has 0 saturated carbocycles. The van der Waals surface area contributed by atoms with Crippen molar-refractivity contribution >= 4 is 24.6 Å². The van der Waals surface area contributed by atoms with Gasteiger partial charge >= 0.3 is 0 Å². The molecule has 0 aliphatic heterocycles. The highest BCUT2D eigenvalue weighted by molar-refractivity contribution is 6.35. The molecule has 0 atom stereocenters. The Morgan fingerprint density at radius 2 is 2.20 bits per heavy atom. The van der Waals surface area contributed by atoms with Crippen molar-refractivity contribution in [1.29, 1.82) is 0 Å². The molecule has 0 aliphatic rings. The van der Waals surface area contributed by atoms with Crippen molar-refractivity contribution < 1.29 is 0 Å². The summed E-state index contributed by atoms with van der Waals surface area (Å²) in [6.07, 6.45) is 2.92. The summed E-state index contributed by atoms with van der Waals surface area (Å²) in [5, 5.41) is 0. The summed E-state index contributed by atoms with van der Waals surface area (Å²) in [4.78, 5) is 14.4. The molecule has 0 fully saturated rings. The van der Waals surface area contributed by atoms with Crippen LogP contribution in [0, 0.1) is 0 Å². The molecule has 46 valence electrons. The van der Waals surface area contributed by atoms with E-state index in [0.29, 0.717) is 16.8 Å². The third-order valence-electron chi connectivity index (χ3n) is 1.25. The van der Waals surface area contributed by atoms with Crippen molar-refractivity contribution in [2.75, 3.05) is 0 Å². The number of hydrogen-bond donors (Lipinski definition) is 1. The largest absolute Gasteiger partial charge is 0.342 e. The van der Waals surface area contributed by atoms with Crippen LogP contribution in [0.5, 0.6) is 0 Å². The molecule has 0 spiro atoms. The molecule has 0 saturated heterocycles. The van der Waals surface area contributed by atoms with Crippen LogP contribution in [0.2, 0.25) is 0 Å². The van der Waals surface area contributed by atoms with Crippen molar-refractivity contribution in [3.8, 4) is 0 Å². The van der Waals surface area contributed by atoms with Gasteiger partial charge in [0.1, 0.15) is 14.2 Å². The summed E-state index contributed by atoms with van der Waals surface area (Å²) in [5.41, 5.74) is 1.73. The van der Waals surface area contributed by atoms with Crippen molar-refractivity contribution in [3.05, 3.63) is 12.7 Å². The van der Waals surface area contributed by atoms with Crippen molar-refractivity contribution in [1.82, 2.24) is 19.9 Å². The number of rotatable bonds is 0. The number of imidazole rings is 1. The zero-order valence-corrected chi connectivity index (χ0v) is 5.07. The normalized spacial score (nSPS) is 10.4. The molecule has 2 heterocycles. The number of fused-ring (bicyclic) bond motifs is 1. The molecule has 2 radical (unpaired) electrons. The number of aromatic amines is 1. The third-order valence-corrected chi connectivity index (χ3v) is 1.25. The smallest absolute Gasteiger partial charge is 0.179 e. The van der Waals surface area contributed by atoms with E-state index in [9.17, 15) is 0 Å². The Labute approximate surface area is 58.1 Å². The first-order valence-corrected chi connectivity index (χ1v) is 2.77. The van der Waals surface area contributed by atoms with Gasteiger partial charge < -0.3 is 4.98 Å². The van der Waals surface area contributed by atoms with Gasteiger partial charge in [0.05, 0.1) is 11.8 Å². The van der Waals surface area contributed by atoms with E-state index in [0.717, 1.165) is 0 Å². The summed E-state index contributed by atoms with van der Waals surface area (Å²) < 4.78 is 0. The Morgan fingerprint density at radius 3 is 3.00 bits per heavy atom.